The normalized spacial score (nSPS) is 21.4. The molecule has 1 aromatic carbocycles. The Morgan fingerprint density at radius 1 is 1.43 bits per heavy atom. The Bertz CT molecular complexity index is 644. The van der Waals surface area contributed by atoms with Crippen molar-refractivity contribution in [3.8, 4) is 5.75 Å². The first-order valence-electron chi connectivity index (χ1n) is 6.83. The second kappa shape index (κ2) is 5.78. The molecule has 0 heterocycles. The van der Waals surface area contributed by atoms with Crippen LogP contribution in [-0.2, 0) is 10.0 Å². The Balaban J connectivity index is 2.38. The van der Waals surface area contributed by atoms with Crippen molar-refractivity contribution in [3.63, 3.8) is 0 Å². The van der Waals surface area contributed by atoms with E-state index in [9.17, 15) is 8.42 Å². The first kappa shape index (κ1) is 16.6. The van der Waals surface area contributed by atoms with Gasteiger partial charge in [0, 0.05) is 16.2 Å². The van der Waals surface area contributed by atoms with E-state index in [4.69, 9.17) is 10.5 Å². The van der Waals surface area contributed by atoms with E-state index in [0.717, 1.165) is 19.3 Å². The maximum atomic E-state index is 12.7. The van der Waals surface area contributed by atoms with Crippen molar-refractivity contribution in [1.29, 1.82) is 0 Å². The molecule has 0 radical (unpaired) electrons. The van der Waals surface area contributed by atoms with Crippen LogP contribution in [0.2, 0.25) is 0 Å². The summed E-state index contributed by atoms with van der Waals surface area (Å²) in [5.41, 5.74) is 6.13. The van der Waals surface area contributed by atoms with Crippen LogP contribution in [0.15, 0.2) is 21.5 Å². The Morgan fingerprint density at radius 3 is 2.62 bits per heavy atom. The van der Waals surface area contributed by atoms with Crippen LogP contribution >= 0.6 is 15.9 Å². The fourth-order valence-electron chi connectivity index (χ4n) is 2.72. The zero-order chi connectivity index (χ0) is 15.8. The maximum Gasteiger partial charge on any atom is 0.244 e. The summed E-state index contributed by atoms with van der Waals surface area (Å²) >= 11 is 3.27. The molecule has 3 N–H and O–H groups in total. The second-order valence-corrected chi connectivity index (χ2v) is 8.62. The van der Waals surface area contributed by atoms with E-state index in [1.54, 1.807) is 6.07 Å². The molecule has 7 heteroatoms. The van der Waals surface area contributed by atoms with E-state index in [-0.39, 0.29) is 22.1 Å². The minimum atomic E-state index is -3.67. The number of nitrogens with two attached hydrogens (primary N) is 1. The fraction of sp³-hybridized carbons (Fsp3) is 0.571. The van der Waals surface area contributed by atoms with Gasteiger partial charge in [0.25, 0.3) is 0 Å². The largest absolute Gasteiger partial charge is 0.495 e. The quantitative estimate of drug-likeness (QED) is 0.791. The minimum Gasteiger partial charge on any atom is -0.495 e. The van der Waals surface area contributed by atoms with E-state index in [0.29, 0.717) is 10.2 Å². The molecule has 0 aliphatic heterocycles. The van der Waals surface area contributed by atoms with Gasteiger partial charge in [-0.3, -0.25) is 0 Å². The van der Waals surface area contributed by atoms with Gasteiger partial charge >= 0.3 is 0 Å². The van der Waals surface area contributed by atoms with Crippen molar-refractivity contribution < 1.29 is 13.2 Å². The SMILES string of the molecule is COc1cc(Br)c(N)cc1S(=O)(=O)NC1CCCC1(C)C. The van der Waals surface area contributed by atoms with Crippen LogP contribution in [0.25, 0.3) is 0 Å². The summed E-state index contributed by atoms with van der Waals surface area (Å²) in [4.78, 5) is 0.0772. The average Bonchev–Trinajstić information content (AvgIpc) is 2.71. The summed E-state index contributed by atoms with van der Waals surface area (Å²) < 4.78 is 33.9. The van der Waals surface area contributed by atoms with Gasteiger partial charge in [-0.05, 0) is 46.3 Å². The Labute approximate surface area is 134 Å². The van der Waals surface area contributed by atoms with Crippen LogP contribution in [0.4, 0.5) is 5.69 Å². The van der Waals surface area contributed by atoms with E-state index < -0.39 is 10.0 Å². The molecule has 21 heavy (non-hydrogen) atoms. The molecule has 1 atom stereocenters. The minimum absolute atomic E-state index is 0.0405. The molecule has 0 spiro atoms. The van der Waals surface area contributed by atoms with Crippen LogP contribution in [0.5, 0.6) is 5.75 Å². The number of methoxy groups -OCH3 is 1. The number of benzene rings is 1. The summed E-state index contributed by atoms with van der Waals surface area (Å²) in [6, 6.07) is 2.92. The molecule has 0 aromatic heterocycles. The smallest absolute Gasteiger partial charge is 0.244 e. The van der Waals surface area contributed by atoms with Gasteiger partial charge < -0.3 is 10.5 Å². The lowest BCUT2D eigenvalue weighted by Gasteiger charge is -2.27. The molecule has 0 bridgehead atoms. The van der Waals surface area contributed by atoms with Gasteiger partial charge in [0.1, 0.15) is 10.6 Å². The third-order valence-electron chi connectivity index (χ3n) is 4.13. The van der Waals surface area contributed by atoms with Crippen LogP contribution in [-0.4, -0.2) is 21.6 Å². The molecular formula is C14H21BrN2O3S. The van der Waals surface area contributed by atoms with Crippen LogP contribution < -0.4 is 15.2 Å². The lowest BCUT2D eigenvalue weighted by atomic mass is 9.88. The maximum absolute atomic E-state index is 12.7. The summed E-state index contributed by atoms with van der Waals surface area (Å²) in [7, 11) is -2.23. The second-order valence-electron chi connectivity index (χ2n) is 6.08. The number of sulfonamides is 1. The van der Waals surface area contributed by atoms with Crippen LogP contribution in [0, 0.1) is 5.41 Å². The highest BCUT2D eigenvalue weighted by atomic mass is 79.9. The first-order valence-corrected chi connectivity index (χ1v) is 9.10. The van der Waals surface area contributed by atoms with Crippen LogP contribution in [0.3, 0.4) is 0 Å². The summed E-state index contributed by atoms with van der Waals surface area (Å²) in [6.45, 7) is 4.17. The van der Waals surface area contributed by atoms with Crippen molar-refractivity contribution in [2.75, 3.05) is 12.8 Å². The third-order valence-corrected chi connectivity index (χ3v) is 6.31. The van der Waals surface area contributed by atoms with E-state index in [1.807, 2.05) is 0 Å². The molecule has 1 aliphatic carbocycles. The number of rotatable bonds is 4. The Morgan fingerprint density at radius 2 is 2.10 bits per heavy atom. The van der Waals surface area contributed by atoms with Crippen molar-refractivity contribution in [1.82, 2.24) is 4.72 Å². The van der Waals surface area contributed by atoms with Crippen molar-refractivity contribution in [2.45, 2.75) is 44.0 Å². The number of nitrogen functional groups attached to an aromatic ring is 1. The molecule has 1 fully saturated rings. The topological polar surface area (TPSA) is 81.4 Å². The fourth-order valence-corrected chi connectivity index (χ4v) is 4.67. The summed E-state index contributed by atoms with van der Waals surface area (Å²) in [5, 5.41) is 0. The number of ether oxygens (including phenoxy) is 1. The van der Waals surface area contributed by atoms with Gasteiger partial charge in [-0.25, -0.2) is 13.1 Å². The molecule has 118 valence electrons. The summed E-state index contributed by atoms with van der Waals surface area (Å²) in [5.74, 6) is 0.277. The van der Waals surface area contributed by atoms with Gasteiger partial charge in [0.05, 0.1) is 7.11 Å². The van der Waals surface area contributed by atoms with Gasteiger partial charge in [-0.1, -0.05) is 20.3 Å². The van der Waals surface area contributed by atoms with Gasteiger partial charge in [0.2, 0.25) is 10.0 Å². The van der Waals surface area contributed by atoms with E-state index in [2.05, 4.69) is 34.5 Å². The predicted molar refractivity (Wildman–Crippen MR) is 86.8 cm³/mol. The Kier molecular flexibility index (Phi) is 4.56. The van der Waals surface area contributed by atoms with E-state index in [1.165, 1.54) is 13.2 Å². The highest BCUT2D eigenvalue weighted by Gasteiger charge is 2.38. The van der Waals surface area contributed by atoms with Gasteiger partial charge in [-0.2, -0.15) is 0 Å². The van der Waals surface area contributed by atoms with Crippen LogP contribution in [0.1, 0.15) is 33.1 Å². The zero-order valence-corrected chi connectivity index (χ0v) is 14.8. The monoisotopic (exact) mass is 376 g/mol. The lowest BCUT2D eigenvalue weighted by Crippen LogP contribution is -2.41. The van der Waals surface area contributed by atoms with Gasteiger partial charge in [-0.15, -0.1) is 0 Å². The highest BCUT2D eigenvalue weighted by molar-refractivity contribution is 9.10. The van der Waals surface area contributed by atoms with E-state index >= 15 is 0 Å². The molecule has 1 saturated carbocycles. The average molecular weight is 377 g/mol. The van der Waals surface area contributed by atoms with Gasteiger partial charge in [0.15, 0.2) is 0 Å². The predicted octanol–water partition coefficient (Wildman–Crippen LogP) is 2.90. The lowest BCUT2D eigenvalue weighted by molar-refractivity contribution is 0.312. The van der Waals surface area contributed by atoms with Crippen molar-refractivity contribution in [2.24, 2.45) is 5.41 Å². The third kappa shape index (κ3) is 3.35. The molecule has 1 aromatic rings. The molecule has 1 aliphatic rings. The Hall–Kier alpha value is -0.790. The van der Waals surface area contributed by atoms with Crippen molar-refractivity contribution in [3.05, 3.63) is 16.6 Å². The van der Waals surface area contributed by atoms with Crippen molar-refractivity contribution >= 4 is 31.6 Å². The molecule has 5 nitrogen and oxygen atoms in total. The molecule has 1 unspecified atom stereocenters. The number of nitrogens with one attached hydrogen (secondary N) is 1. The molecular weight excluding hydrogens is 356 g/mol. The molecule has 0 amide bonds. The number of hydrogen-bond donors (Lipinski definition) is 2. The first-order chi connectivity index (χ1) is 9.67. The number of halogens is 1. The summed E-state index contributed by atoms with van der Waals surface area (Å²) in [6.07, 6.45) is 2.89. The molecule has 2 rings (SSSR count). The standard InChI is InChI=1S/C14H21BrN2O3S/c1-14(2)6-4-5-13(14)17-21(18,19)12-8-10(16)9(15)7-11(12)20-3/h7-8,13,17H,4-6,16H2,1-3H3. The number of hydrogen-bond acceptors (Lipinski definition) is 4. The molecule has 0 saturated heterocycles. The zero-order valence-electron chi connectivity index (χ0n) is 12.4. The number of anilines is 1. The highest BCUT2D eigenvalue weighted by Crippen LogP contribution is 2.39.